The summed E-state index contributed by atoms with van der Waals surface area (Å²) in [5.41, 5.74) is 0.980. The molecule has 5 heteroatoms. The average molecular weight is 376 g/mol. The number of β-amino-alcohol motifs (C(OH)–C–C–N with tert-alkyl or cyclic N) is 1. The van der Waals surface area contributed by atoms with Crippen molar-refractivity contribution >= 4 is 21.8 Å². The summed E-state index contributed by atoms with van der Waals surface area (Å²) in [7, 11) is 0. The van der Waals surface area contributed by atoms with Gasteiger partial charge < -0.3 is 14.7 Å². The van der Waals surface area contributed by atoms with E-state index in [0.717, 1.165) is 10.0 Å². The lowest BCUT2D eigenvalue weighted by Gasteiger charge is -2.47. The minimum Gasteiger partial charge on any atom is -0.478 e. The second-order valence-corrected chi connectivity index (χ2v) is 6.51. The minimum atomic E-state index is -0.582. The molecule has 2 aromatic rings. The van der Waals surface area contributed by atoms with Gasteiger partial charge in [0.25, 0.3) is 5.91 Å². The molecule has 2 aromatic carbocycles. The first-order valence-electron chi connectivity index (χ1n) is 7.52. The Balaban J connectivity index is 1.89. The molecule has 1 heterocycles. The van der Waals surface area contributed by atoms with Crippen molar-refractivity contribution in [2.24, 2.45) is 0 Å². The number of carbonyl (C=O) groups is 1. The summed E-state index contributed by atoms with van der Waals surface area (Å²) in [6.45, 7) is 1.97. The lowest BCUT2D eigenvalue weighted by molar-refractivity contribution is -0.166. The number of ether oxygens (including phenoxy) is 1. The molecule has 1 aliphatic heterocycles. The fourth-order valence-corrected chi connectivity index (χ4v) is 3.33. The van der Waals surface area contributed by atoms with E-state index in [2.05, 4.69) is 15.9 Å². The third kappa shape index (κ3) is 3.26. The van der Waals surface area contributed by atoms with Gasteiger partial charge in [0.15, 0.2) is 0 Å². The van der Waals surface area contributed by atoms with Crippen LogP contribution in [0.15, 0.2) is 59.1 Å². The number of aliphatic hydroxyl groups excluding tert-OH is 1. The maximum absolute atomic E-state index is 12.5. The zero-order chi connectivity index (χ0) is 16.4. The lowest BCUT2D eigenvalue weighted by Crippen LogP contribution is -2.62. The average Bonchev–Trinajstić information content (AvgIpc) is 2.55. The van der Waals surface area contributed by atoms with Gasteiger partial charge >= 0.3 is 0 Å². The Labute approximate surface area is 143 Å². The number of β-lactam (4-membered cyclic amide) rings is 1. The van der Waals surface area contributed by atoms with Crippen LogP contribution in [-0.2, 0) is 4.79 Å². The molecular formula is C18H18BrNO3. The van der Waals surface area contributed by atoms with Gasteiger partial charge in [-0.1, -0.05) is 52.3 Å². The number of para-hydroxylation sites is 1. The monoisotopic (exact) mass is 375 g/mol. The van der Waals surface area contributed by atoms with E-state index >= 15 is 0 Å². The van der Waals surface area contributed by atoms with E-state index in [0.29, 0.717) is 12.3 Å². The number of aliphatic hydroxyl groups is 1. The molecule has 1 fully saturated rings. The smallest absolute Gasteiger partial charge is 0.266 e. The van der Waals surface area contributed by atoms with Gasteiger partial charge in [-0.15, -0.1) is 0 Å². The standard InChI is InChI=1S/C18H18BrNO3/c1-12(21)11-20-16(14-9-5-6-10-15(14)19)17(18(20)22)23-13-7-3-2-4-8-13/h2-10,12,16-17,21H,11H2,1H3/t12?,16-,17+/m1/s1. The number of amides is 1. The molecule has 0 spiro atoms. The van der Waals surface area contributed by atoms with E-state index < -0.39 is 12.2 Å². The fourth-order valence-electron chi connectivity index (χ4n) is 2.81. The van der Waals surface area contributed by atoms with E-state index in [9.17, 15) is 9.90 Å². The zero-order valence-corrected chi connectivity index (χ0v) is 14.3. The van der Waals surface area contributed by atoms with Crippen molar-refractivity contribution in [3.05, 3.63) is 64.6 Å². The molecule has 1 N–H and O–H groups in total. The lowest BCUT2D eigenvalue weighted by atomic mass is 9.90. The number of hydrogen-bond acceptors (Lipinski definition) is 3. The van der Waals surface area contributed by atoms with E-state index in [1.165, 1.54) is 0 Å². The summed E-state index contributed by atoms with van der Waals surface area (Å²) < 4.78 is 6.83. The van der Waals surface area contributed by atoms with Crippen LogP contribution in [0.2, 0.25) is 0 Å². The Kier molecular flexibility index (Phi) is 4.68. The molecule has 0 bridgehead atoms. The van der Waals surface area contributed by atoms with Crippen LogP contribution in [0, 0.1) is 0 Å². The highest BCUT2D eigenvalue weighted by atomic mass is 79.9. The Morgan fingerprint density at radius 2 is 1.83 bits per heavy atom. The van der Waals surface area contributed by atoms with Crippen molar-refractivity contribution in [1.82, 2.24) is 4.90 Å². The summed E-state index contributed by atoms with van der Waals surface area (Å²) in [6.07, 6.45) is -1.16. The van der Waals surface area contributed by atoms with Crippen molar-refractivity contribution in [2.75, 3.05) is 6.54 Å². The highest BCUT2D eigenvalue weighted by Gasteiger charge is 2.50. The Hall–Kier alpha value is -1.85. The molecule has 4 nitrogen and oxygen atoms in total. The summed E-state index contributed by atoms with van der Waals surface area (Å²) in [5.74, 6) is 0.565. The van der Waals surface area contributed by atoms with Gasteiger partial charge in [-0.05, 0) is 30.7 Å². The number of nitrogens with zero attached hydrogens (tertiary/aromatic N) is 1. The van der Waals surface area contributed by atoms with Crippen LogP contribution in [0.25, 0.3) is 0 Å². The summed E-state index contributed by atoms with van der Waals surface area (Å²) in [6, 6.07) is 16.9. The summed E-state index contributed by atoms with van der Waals surface area (Å²) >= 11 is 3.54. The van der Waals surface area contributed by atoms with Crippen molar-refractivity contribution in [3.8, 4) is 5.75 Å². The van der Waals surface area contributed by atoms with Crippen LogP contribution >= 0.6 is 15.9 Å². The predicted octanol–water partition coefficient (Wildman–Crippen LogP) is 3.16. The quantitative estimate of drug-likeness (QED) is 0.816. The number of carbonyl (C=O) groups excluding carboxylic acids is 1. The Bertz CT molecular complexity index is 690. The number of rotatable bonds is 5. The van der Waals surface area contributed by atoms with Crippen molar-refractivity contribution in [3.63, 3.8) is 0 Å². The Morgan fingerprint density at radius 3 is 2.48 bits per heavy atom. The van der Waals surface area contributed by atoms with E-state index in [1.807, 2.05) is 54.6 Å². The maximum Gasteiger partial charge on any atom is 0.266 e. The molecule has 0 radical (unpaired) electrons. The first-order valence-corrected chi connectivity index (χ1v) is 8.32. The van der Waals surface area contributed by atoms with Gasteiger partial charge in [-0.3, -0.25) is 4.79 Å². The molecule has 1 amide bonds. The molecule has 1 unspecified atom stereocenters. The number of halogens is 1. The predicted molar refractivity (Wildman–Crippen MR) is 91.1 cm³/mol. The SMILES string of the molecule is CC(O)CN1C(=O)[C@@H](Oc2ccccc2)[C@H]1c1ccccc1Br. The normalized spacial score (nSPS) is 21.7. The summed E-state index contributed by atoms with van der Waals surface area (Å²) in [5, 5.41) is 9.67. The third-order valence-corrected chi connectivity index (χ3v) is 4.56. The molecule has 1 saturated heterocycles. The third-order valence-electron chi connectivity index (χ3n) is 3.84. The first kappa shape index (κ1) is 16.0. The van der Waals surface area contributed by atoms with Crippen LogP contribution in [0.3, 0.4) is 0 Å². The topological polar surface area (TPSA) is 49.8 Å². The molecule has 0 aromatic heterocycles. The summed E-state index contributed by atoms with van der Waals surface area (Å²) in [4.78, 5) is 14.1. The second kappa shape index (κ2) is 6.72. The highest BCUT2D eigenvalue weighted by molar-refractivity contribution is 9.10. The molecule has 0 aliphatic carbocycles. The van der Waals surface area contributed by atoms with Crippen molar-refractivity contribution in [2.45, 2.75) is 25.2 Å². The van der Waals surface area contributed by atoms with Gasteiger partial charge in [-0.2, -0.15) is 0 Å². The Morgan fingerprint density at radius 1 is 1.17 bits per heavy atom. The second-order valence-electron chi connectivity index (χ2n) is 5.66. The van der Waals surface area contributed by atoms with Crippen LogP contribution in [-0.4, -0.2) is 34.7 Å². The molecule has 3 atom stereocenters. The van der Waals surface area contributed by atoms with Gasteiger partial charge in [0.2, 0.25) is 6.10 Å². The van der Waals surface area contributed by atoms with Crippen molar-refractivity contribution < 1.29 is 14.6 Å². The number of benzene rings is 2. The van der Waals surface area contributed by atoms with Crippen LogP contribution in [0.1, 0.15) is 18.5 Å². The minimum absolute atomic E-state index is 0.101. The van der Waals surface area contributed by atoms with Gasteiger partial charge in [0.1, 0.15) is 11.8 Å². The molecule has 3 rings (SSSR count). The highest BCUT2D eigenvalue weighted by Crippen LogP contribution is 2.40. The molecule has 1 aliphatic rings. The maximum atomic E-state index is 12.5. The van der Waals surface area contributed by atoms with E-state index in [4.69, 9.17) is 4.74 Å². The van der Waals surface area contributed by atoms with Gasteiger partial charge in [-0.25, -0.2) is 0 Å². The van der Waals surface area contributed by atoms with E-state index in [1.54, 1.807) is 11.8 Å². The largest absolute Gasteiger partial charge is 0.478 e. The van der Waals surface area contributed by atoms with Crippen molar-refractivity contribution in [1.29, 1.82) is 0 Å². The molecule has 120 valence electrons. The number of hydrogen-bond donors (Lipinski definition) is 1. The zero-order valence-electron chi connectivity index (χ0n) is 12.7. The van der Waals surface area contributed by atoms with E-state index in [-0.39, 0.29) is 11.9 Å². The van der Waals surface area contributed by atoms with Crippen LogP contribution in [0.4, 0.5) is 0 Å². The van der Waals surface area contributed by atoms with Gasteiger partial charge in [0, 0.05) is 11.0 Å². The van der Waals surface area contributed by atoms with Crippen LogP contribution in [0.5, 0.6) is 5.75 Å². The molecule has 23 heavy (non-hydrogen) atoms. The number of likely N-dealkylation sites (tertiary alicyclic amines) is 1. The molecular weight excluding hydrogens is 358 g/mol. The van der Waals surface area contributed by atoms with Gasteiger partial charge in [0.05, 0.1) is 6.10 Å². The fraction of sp³-hybridized carbons (Fsp3) is 0.278. The molecule has 0 saturated carbocycles. The first-order chi connectivity index (χ1) is 11.1. The van der Waals surface area contributed by atoms with Crippen LogP contribution < -0.4 is 4.74 Å².